The Bertz CT molecular complexity index is 175. The lowest BCUT2D eigenvalue weighted by molar-refractivity contribution is 0.0629. The van der Waals surface area contributed by atoms with E-state index in [-0.39, 0.29) is 5.54 Å². The highest BCUT2D eigenvalue weighted by Gasteiger charge is 2.38. The van der Waals surface area contributed by atoms with E-state index in [9.17, 15) is 4.79 Å². The van der Waals surface area contributed by atoms with Gasteiger partial charge in [0.15, 0.2) is 0 Å². The van der Waals surface area contributed by atoms with E-state index in [1.165, 1.54) is 6.42 Å². The van der Waals surface area contributed by atoms with Crippen molar-refractivity contribution in [3.63, 3.8) is 0 Å². The molecule has 1 fully saturated rings. The largest absolute Gasteiger partial charge is 0.352 e. The van der Waals surface area contributed by atoms with Gasteiger partial charge in [0.1, 0.15) is 0 Å². The summed E-state index contributed by atoms with van der Waals surface area (Å²) in [7, 11) is 4.09. The van der Waals surface area contributed by atoms with Crippen LogP contribution in [0.4, 0.5) is 4.79 Å². The highest BCUT2D eigenvalue weighted by molar-refractivity contribution is 5.71. The molecule has 0 unspecified atom stereocenters. The maximum absolute atomic E-state index is 10.5. The smallest absolute Gasteiger partial charge is 0.312 e. The molecule has 0 aromatic carbocycles. The van der Waals surface area contributed by atoms with Crippen LogP contribution in [0, 0.1) is 0 Å². The summed E-state index contributed by atoms with van der Waals surface area (Å²) >= 11 is 0. The molecule has 3 N–H and O–H groups in total. The molecule has 70 valence electrons. The van der Waals surface area contributed by atoms with Crippen LogP contribution in [0.5, 0.6) is 0 Å². The third-order valence-electron chi connectivity index (χ3n) is 2.82. The number of primary amides is 1. The van der Waals surface area contributed by atoms with Gasteiger partial charge in [-0.05, 0) is 33.4 Å². The number of nitrogens with zero attached hydrogens (tertiary/aromatic N) is 1. The van der Waals surface area contributed by atoms with Crippen molar-refractivity contribution in [2.75, 3.05) is 20.6 Å². The summed E-state index contributed by atoms with van der Waals surface area (Å²) < 4.78 is 0. The number of carbonyl (C=O) groups excluding carboxylic acids is 1. The van der Waals surface area contributed by atoms with E-state index < -0.39 is 6.03 Å². The van der Waals surface area contributed by atoms with Crippen LogP contribution in [-0.4, -0.2) is 37.1 Å². The molecule has 0 aromatic heterocycles. The molecular formula is C8H17N3O. The summed E-state index contributed by atoms with van der Waals surface area (Å²) in [4.78, 5) is 12.7. The molecule has 0 atom stereocenters. The van der Waals surface area contributed by atoms with Crippen LogP contribution in [0.25, 0.3) is 0 Å². The lowest BCUT2D eigenvalue weighted by Crippen LogP contribution is -2.57. The number of hydrogen-bond donors (Lipinski definition) is 2. The average Bonchev–Trinajstić information content (AvgIpc) is 1.83. The first-order valence-corrected chi connectivity index (χ1v) is 4.28. The fourth-order valence-electron chi connectivity index (χ4n) is 1.62. The van der Waals surface area contributed by atoms with Crippen LogP contribution >= 0.6 is 0 Å². The van der Waals surface area contributed by atoms with Gasteiger partial charge < -0.3 is 16.0 Å². The Morgan fingerprint density at radius 1 is 1.58 bits per heavy atom. The first kappa shape index (κ1) is 9.32. The fourth-order valence-corrected chi connectivity index (χ4v) is 1.62. The first-order valence-electron chi connectivity index (χ1n) is 4.28. The third-order valence-corrected chi connectivity index (χ3v) is 2.82. The number of rotatable bonds is 3. The van der Waals surface area contributed by atoms with Crippen molar-refractivity contribution in [2.45, 2.75) is 24.8 Å². The zero-order valence-electron chi connectivity index (χ0n) is 7.76. The van der Waals surface area contributed by atoms with Gasteiger partial charge >= 0.3 is 6.03 Å². The lowest BCUT2D eigenvalue weighted by atomic mass is 9.75. The standard InChI is InChI=1S/C8H17N3O/c1-11(2)8(4-3-5-8)6-10-7(9)12/h3-6H2,1-2H3,(H3,9,10,12). The molecular weight excluding hydrogens is 154 g/mol. The number of carbonyl (C=O) groups is 1. The molecule has 4 nitrogen and oxygen atoms in total. The van der Waals surface area contributed by atoms with Crippen molar-refractivity contribution in [1.29, 1.82) is 0 Å². The summed E-state index contributed by atoms with van der Waals surface area (Å²) in [6.45, 7) is 0.676. The molecule has 4 heteroatoms. The second kappa shape index (κ2) is 3.31. The van der Waals surface area contributed by atoms with Gasteiger partial charge in [-0.25, -0.2) is 4.79 Å². The third kappa shape index (κ3) is 1.69. The summed E-state index contributed by atoms with van der Waals surface area (Å²) in [6, 6.07) is -0.428. The highest BCUT2D eigenvalue weighted by Crippen LogP contribution is 2.35. The van der Waals surface area contributed by atoms with Crippen molar-refractivity contribution < 1.29 is 4.79 Å². The minimum Gasteiger partial charge on any atom is -0.352 e. The Labute approximate surface area is 73.1 Å². The van der Waals surface area contributed by atoms with Crippen molar-refractivity contribution in [3.8, 4) is 0 Å². The molecule has 1 saturated carbocycles. The monoisotopic (exact) mass is 171 g/mol. The van der Waals surface area contributed by atoms with Gasteiger partial charge in [0.25, 0.3) is 0 Å². The Morgan fingerprint density at radius 2 is 2.17 bits per heavy atom. The van der Waals surface area contributed by atoms with Gasteiger partial charge in [0.05, 0.1) is 0 Å². The molecule has 0 aromatic rings. The van der Waals surface area contributed by atoms with Crippen molar-refractivity contribution in [3.05, 3.63) is 0 Å². The normalized spacial score (nSPS) is 20.2. The molecule has 0 radical (unpaired) electrons. The Kier molecular flexibility index (Phi) is 2.57. The molecule has 2 amide bonds. The van der Waals surface area contributed by atoms with Crippen LogP contribution in [0.2, 0.25) is 0 Å². The molecule has 0 spiro atoms. The molecule has 0 aliphatic heterocycles. The lowest BCUT2D eigenvalue weighted by Gasteiger charge is -2.47. The van der Waals surface area contributed by atoms with Crippen molar-refractivity contribution in [2.24, 2.45) is 5.73 Å². The number of hydrogen-bond acceptors (Lipinski definition) is 2. The van der Waals surface area contributed by atoms with Crippen LogP contribution in [0.15, 0.2) is 0 Å². The van der Waals surface area contributed by atoms with Gasteiger partial charge in [0, 0.05) is 12.1 Å². The van der Waals surface area contributed by atoms with E-state index in [2.05, 4.69) is 10.2 Å². The van der Waals surface area contributed by atoms with Gasteiger partial charge in [0.2, 0.25) is 0 Å². The number of amides is 2. The van der Waals surface area contributed by atoms with Gasteiger partial charge in [-0.15, -0.1) is 0 Å². The Balaban J connectivity index is 2.40. The topological polar surface area (TPSA) is 58.4 Å². The van der Waals surface area contributed by atoms with E-state index in [4.69, 9.17) is 5.73 Å². The second-order valence-corrected chi connectivity index (χ2v) is 3.69. The molecule has 12 heavy (non-hydrogen) atoms. The second-order valence-electron chi connectivity index (χ2n) is 3.69. The van der Waals surface area contributed by atoms with Crippen molar-refractivity contribution >= 4 is 6.03 Å². The van der Waals surface area contributed by atoms with Gasteiger partial charge in [-0.1, -0.05) is 0 Å². The van der Waals surface area contributed by atoms with Gasteiger partial charge in [-0.3, -0.25) is 0 Å². The molecule has 1 aliphatic rings. The summed E-state index contributed by atoms with van der Waals surface area (Å²) in [5.74, 6) is 0. The van der Waals surface area contributed by atoms with E-state index in [0.717, 1.165) is 12.8 Å². The molecule has 1 rings (SSSR count). The van der Waals surface area contributed by atoms with Gasteiger partial charge in [-0.2, -0.15) is 0 Å². The zero-order chi connectivity index (χ0) is 9.19. The molecule has 0 saturated heterocycles. The fraction of sp³-hybridized carbons (Fsp3) is 0.875. The Hall–Kier alpha value is -0.770. The summed E-state index contributed by atoms with van der Waals surface area (Å²) in [5.41, 5.74) is 5.19. The molecule has 0 bridgehead atoms. The molecule has 0 heterocycles. The predicted molar refractivity (Wildman–Crippen MR) is 47.9 cm³/mol. The SMILES string of the molecule is CN(C)C1(CNC(N)=O)CCC1. The highest BCUT2D eigenvalue weighted by atomic mass is 16.2. The summed E-state index contributed by atoms with van der Waals surface area (Å²) in [6.07, 6.45) is 3.55. The molecule has 1 aliphatic carbocycles. The number of urea groups is 1. The van der Waals surface area contributed by atoms with Crippen molar-refractivity contribution in [1.82, 2.24) is 10.2 Å². The van der Waals surface area contributed by atoms with Crippen LogP contribution in [0.3, 0.4) is 0 Å². The predicted octanol–water partition coefficient (Wildman–Crippen LogP) is 0.139. The maximum atomic E-state index is 10.5. The van der Waals surface area contributed by atoms with E-state index in [1.54, 1.807) is 0 Å². The number of nitrogens with two attached hydrogens (primary N) is 1. The van der Waals surface area contributed by atoms with Crippen LogP contribution in [0.1, 0.15) is 19.3 Å². The Morgan fingerprint density at radius 3 is 2.42 bits per heavy atom. The minimum atomic E-state index is -0.428. The summed E-state index contributed by atoms with van der Waals surface area (Å²) in [5, 5.41) is 2.67. The van der Waals surface area contributed by atoms with E-state index in [0.29, 0.717) is 6.54 Å². The number of nitrogens with one attached hydrogen (secondary N) is 1. The quantitative estimate of drug-likeness (QED) is 0.634. The van der Waals surface area contributed by atoms with Crippen LogP contribution in [-0.2, 0) is 0 Å². The minimum absolute atomic E-state index is 0.176. The number of likely N-dealkylation sites (N-methyl/N-ethyl adjacent to an activating group) is 1. The first-order chi connectivity index (χ1) is 5.57. The zero-order valence-corrected chi connectivity index (χ0v) is 7.76. The van der Waals surface area contributed by atoms with E-state index in [1.807, 2.05) is 14.1 Å². The maximum Gasteiger partial charge on any atom is 0.312 e. The average molecular weight is 171 g/mol. The van der Waals surface area contributed by atoms with E-state index >= 15 is 0 Å². The van der Waals surface area contributed by atoms with Crippen LogP contribution < -0.4 is 11.1 Å².